The van der Waals surface area contributed by atoms with Crippen molar-refractivity contribution in [3.8, 4) is 6.07 Å². The smallest absolute Gasteiger partial charge is 0.125 e. The molecule has 0 unspecified atom stereocenters. The van der Waals surface area contributed by atoms with Gasteiger partial charge < -0.3 is 4.72 Å². The number of hydrogen-bond acceptors (Lipinski definition) is 4. The Morgan fingerprint density at radius 2 is 1.96 bits per heavy atom. The molecule has 23 heavy (non-hydrogen) atoms. The van der Waals surface area contributed by atoms with Crippen molar-refractivity contribution >= 4 is 17.6 Å². The van der Waals surface area contributed by atoms with Crippen LogP contribution in [0.3, 0.4) is 0 Å². The van der Waals surface area contributed by atoms with Crippen LogP contribution in [-0.4, -0.2) is 24.2 Å². The number of nitriles is 1. The molecule has 1 heterocycles. The van der Waals surface area contributed by atoms with Gasteiger partial charge in [-0.3, -0.25) is 4.90 Å². The van der Waals surface area contributed by atoms with Crippen LogP contribution < -0.4 is 4.72 Å². The van der Waals surface area contributed by atoms with E-state index in [1.54, 1.807) is 6.07 Å². The highest BCUT2D eigenvalue weighted by atomic mass is 32.2. The number of rotatable bonds is 5. The second-order valence-electron chi connectivity index (χ2n) is 6.08. The maximum absolute atomic E-state index is 13.6. The zero-order chi connectivity index (χ0) is 17.3. The molecular weight excluding hydrogens is 309 g/mol. The Bertz CT molecular complexity index is 519. The summed E-state index contributed by atoms with van der Waals surface area (Å²) in [5, 5.41) is 8.88. The molecule has 1 aliphatic heterocycles. The Kier molecular flexibility index (Phi) is 8.43. The highest BCUT2D eigenvalue weighted by Gasteiger charge is 2.29. The first-order chi connectivity index (χ1) is 11.0. The third kappa shape index (κ3) is 6.40. The summed E-state index contributed by atoms with van der Waals surface area (Å²) in [4.78, 5) is 2.34. The van der Waals surface area contributed by atoms with Crippen molar-refractivity contribution in [1.29, 1.82) is 5.26 Å². The van der Waals surface area contributed by atoms with Crippen molar-refractivity contribution in [3.63, 3.8) is 0 Å². The molecule has 1 aromatic rings. The second-order valence-corrected chi connectivity index (χ2v) is 6.69. The van der Waals surface area contributed by atoms with E-state index in [4.69, 9.17) is 5.26 Å². The van der Waals surface area contributed by atoms with Gasteiger partial charge in [0.05, 0.1) is 6.07 Å². The average Bonchev–Trinajstić information content (AvgIpc) is 2.52. The van der Waals surface area contributed by atoms with E-state index in [0.29, 0.717) is 6.42 Å². The minimum absolute atomic E-state index is 0.152. The van der Waals surface area contributed by atoms with E-state index < -0.39 is 0 Å². The summed E-state index contributed by atoms with van der Waals surface area (Å²) in [6.45, 7) is 8.90. The third-order valence-corrected chi connectivity index (χ3v) is 4.59. The first kappa shape index (κ1) is 19.8. The molecular formula is C18H28FN3S. The molecule has 1 saturated heterocycles. The fourth-order valence-electron chi connectivity index (χ4n) is 2.80. The van der Waals surface area contributed by atoms with Crippen LogP contribution in [-0.2, 0) is 6.54 Å². The van der Waals surface area contributed by atoms with E-state index in [-0.39, 0.29) is 11.2 Å². The molecule has 5 heteroatoms. The van der Waals surface area contributed by atoms with Gasteiger partial charge in [0.2, 0.25) is 0 Å². The lowest BCUT2D eigenvalue weighted by Gasteiger charge is -2.38. The van der Waals surface area contributed by atoms with Crippen LogP contribution >= 0.6 is 11.9 Å². The van der Waals surface area contributed by atoms with Crippen LogP contribution in [0.4, 0.5) is 10.1 Å². The topological polar surface area (TPSA) is 39.1 Å². The van der Waals surface area contributed by atoms with Gasteiger partial charge in [-0.15, -0.1) is 0 Å². The lowest BCUT2D eigenvalue weighted by Crippen LogP contribution is -2.38. The second kappa shape index (κ2) is 9.79. The van der Waals surface area contributed by atoms with Crippen LogP contribution in [0, 0.1) is 22.6 Å². The maximum Gasteiger partial charge on any atom is 0.125 e. The Labute approximate surface area is 144 Å². The van der Waals surface area contributed by atoms with E-state index in [1.807, 2.05) is 26.2 Å². The average molecular weight is 338 g/mol. The Hall–Kier alpha value is -1.25. The summed E-state index contributed by atoms with van der Waals surface area (Å²) in [6.07, 6.45) is 4.62. The third-order valence-electron chi connectivity index (χ3n) is 4.15. The van der Waals surface area contributed by atoms with E-state index >= 15 is 0 Å². The van der Waals surface area contributed by atoms with Crippen molar-refractivity contribution in [2.24, 2.45) is 5.41 Å². The summed E-state index contributed by atoms with van der Waals surface area (Å²) in [7, 11) is 0. The molecule has 0 spiro atoms. The summed E-state index contributed by atoms with van der Waals surface area (Å²) >= 11 is 1.46. The number of benzene rings is 1. The SMILES string of the molecule is CC.CSNc1cc(F)cc(CN2CCC(C)(CC#N)CC2)c1. The maximum atomic E-state index is 13.6. The quantitative estimate of drug-likeness (QED) is 0.763. The normalized spacial score (nSPS) is 16.9. The molecule has 1 fully saturated rings. The number of likely N-dealkylation sites (tertiary alicyclic amines) is 1. The van der Waals surface area contributed by atoms with Gasteiger partial charge in [-0.25, -0.2) is 4.39 Å². The van der Waals surface area contributed by atoms with Gasteiger partial charge in [-0.2, -0.15) is 5.26 Å². The van der Waals surface area contributed by atoms with Crippen LogP contribution in [0.5, 0.6) is 0 Å². The fraction of sp³-hybridized carbons (Fsp3) is 0.611. The minimum atomic E-state index is -0.199. The number of hydrogen-bond donors (Lipinski definition) is 1. The molecule has 1 N–H and O–H groups in total. The molecule has 1 aliphatic rings. The highest BCUT2D eigenvalue weighted by Crippen LogP contribution is 2.34. The zero-order valence-corrected chi connectivity index (χ0v) is 15.5. The standard InChI is InChI=1S/C16H22FN3S.C2H6/c1-16(3-6-18)4-7-20(8-5-16)12-13-9-14(17)11-15(10-13)19-21-2;1-2/h9-11,19H,3-5,7-8,12H2,1-2H3;1-2H3. The van der Waals surface area contributed by atoms with Gasteiger partial charge >= 0.3 is 0 Å². The number of nitrogens with zero attached hydrogens (tertiary/aromatic N) is 2. The Morgan fingerprint density at radius 1 is 1.30 bits per heavy atom. The number of piperidine rings is 1. The largest absolute Gasteiger partial charge is 0.330 e. The van der Waals surface area contributed by atoms with E-state index in [0.717, 1.165) is 43.7 Å². The van der Waals surface area contributed by atoms with E-state index in [2.05, 4.69) is 22.6 Å². The molecule has 0 amide bonds. The van der Waals surface area contributed by atoms with Crippen molar-refractivity contribution < 1.29 is 4.39 Å². The van der Waals surface area contributed by atoms with Crippen LogP contribution in [0.2, 0.25) is 0 Å². The van der Waals surface area contributed by atoms with Crippen LogP contribution in [0.25, 0.3) is 0 Å². The van der Waals surface area contributed by atoms with Gasteiger partial charge in [0.1, 0.15) is 5.82 Å². The molecule has 3 nitrogen and oxygen atoms in total. The molecule has 0 saturated carbocycles. The predicted molar refractivity (Wildman–Crippen MR) is 97.7 cm³/mol. The first-order valence-electron chi connectivity index (χ1n) is 8.22. The molecule has 2 rings (SSSR count). The molecule has 0 bridgehead atoms. The Balaban J connectivity index is 0.00000127. The van der Waals surface area contributed by atoms with Gasteiger partial charge in [0.25, 0.3) is 0 Å². The summed E-state index contributed by atoms with van der Waals surface area (Å²) in [5.74, 6) is -0.199. The van der Waals surface area contributed by atoms with Crippen molar-refractivity contribution in [3.05, 3.63) is 29.6 Å². The van der Waals surface area contributed by atoms with Crippen LogP contribution in [0.15, 0.2) is 18.2 Å². The van der Waals surface area contributed by atoms with Gasteiger partial charge in [0, 0.05) is 24.9 Å². The predicted octanol–water partition coefficient (Wildman–Crippen LogP) is 5.06. The lowest BCUT2D eigenvalue weighted by atomic mass is 9.78. The highest BCUT2D eigenvalue weighted by molar-refractivity contribution is 7.99. The summed E-state index contributed by atoms with van der Waals surface area (Å²) in [6, 6.07) is 7.42. The fourth-order valence-corrected chi connectivity index (χ4v) is 3.15. The molecule has 0 aliphatic carbocycles. The number of halogens is 1. The van der Waals surface area contributed by atoms with Crippen molar-refractivity contribution in [2.75, 3.05) is 24.1 Å². The Morgan fingerprint density at radius 3 is 2.52 bits per heavy atom. The zero-order valence-electron chi connectivity index (χ0n) is 14.7. The summed E-state index contributed by atoms with van der Waals surface area (Å²) in [5.41, 5.74) is 1.96. The molecule has 128 valence electrons. The monoisotopic (exact) mass is 337 g/mol. The van der Waals surface area contributed by atoms with Gasteiger partial charge in [-0.1, -0.05) is 32.7 Å². The first-order valence-corrected chi connectivity index (χ1v) is 9.45. The van der Waals surface area contributed by atoms with Gasteiger partial charge in [-0.05, 0) is 55.1 Å². The minimum Gasteiger partial charge on any atom is -0.330 e. The van der Waals surface area contributed by atoms with Crippen LogP contribution in [0.1, 0.15) is 45.6 Å². The van der Waals surface area contributed by atoms with E-state index in [1.165, 1.54) is 18.0 Å². The van der Waals surface area contributed by atoms with Gasteiger partial charge in [0.15, 0.2) is 0 Å². The number of anilines is 1. The molecule has 0 aromatic heterocycles. The van der Waals surface area contributed by atoms with Crippen molar-refractivity contribution in [1.82, 2.24) is 4.90 Å². The van der Waals surface area contributed by atoms with Crippen molar-refractivity contribution in [2.45, 2.75) is 46.6 Å². The molecule has 0 atom stereocenters. The number of nitrogens with one attached hydrogen (secondary N) is 1. The van der Waals surface area contributed by atoms with E-state index in [9.17, 15) is 4.39 Å². The molecule has 1 aromatic carbocycles. The lowest BCUT2D eigenvalue weighted by molar-refractivity contribution is 0.116. The summed E-state index contributed by atoms with van der Waals surface area (Å²) < 4.78 is 16.7. The molecule has 0 radical (unpaired) electrons.